The van der Waals surface area contributed by atoms with Gasteiger partial charge >= 0.3 is 0 Å². The molecule has 0 aliphatic carbocycles. The van der Waals surface area contributed by atoms with E-state index in [4.69, 9.17) is 5.73 Å². The van der Waals surface area contributed by atoms with Gasteiger partial charge in [-0.2, -0.15) is 0 Å². The zero-order chi connectivity index (χ0) is 16.3. The molecule has 0 unspecified atom stereocenters. The maximum atomic E-state index is 12.3. The van der Waals surface area contributed by atoms with Crippen LogP contribution < -0.4 is 15.8 Å². The van der Waals surface area contributed by atoms with Gasteiger partial charge in [0.2, 0.25) is 15.9 Å². The molecule has 0 radical (unpaired) electrons. The fourth-order valence-electron chi connectivity index (χ4n) is 1.84. The van der Waals surface area contributed by atoms with Crippen molar-refractivity contribution < 1.29 is 13.2 Å². The summed E-state index contributed by atoms with van der Waals surface area (Å²) in [5.74, 6) is -0.311. The third-order valence-corrected chi connectivity index (χ3v) is 5.16. The monoisotopic (exact) mass is 313 g/mol. The number of rotatable bonds is 6. The number of nitrogens with one attached hydrogen (secondary N) is 2. The Morgan fingerprint density at radius 1 is 1.29 bits per heavy atom. The second kappa shape index (κ2) is 6.55. The first-order chi connectivity index (χ1) is 9.70. The molecule has 1 aromatic rings. The number of benzene rings is 1. The summed E-state index contributed by atoms with van der Waals surface area (Å²) in [6.07, 6.45) is 1.01. The molecule has 0 fully saturated rings. The van der Waals surface area contributed by atoms with Crippen molar-refractivity contribution in [1.29, 1.82) is 0 Å². The van der Waals surface area contributed by atoms with E-state index >= 15 is 0 Å². The first-order valence-electron chi connectivity index (χ1n) is 6.84. The Balaban J connectivity index is 3.15. The molecule has 4 N–H and O–H groups in total. The van der Waals surface area contributed by atoms with Crippen LogP contribution in [0.15, 0.2) is 23.1 Å². The number of aryl methyl sites for hydroxylation is 1. The summed E-state index contributed by atoms with van der Waals surface area (Å²) < 4.78 is 25.9. The van der Waals surface area contributed by atoms with Gasteiger partial charge in [-0.3, -0.25) is 4.79 Å². The summed E-state index contributed by atoms with van der Waals surface area (Å²) in [7, 11) is -2.21. The lowest BCUT2D eigenvalue weighted by molar-refractivity contribution is -0.121. The van der Waals surface area contributed by atoms with E-state index in [1.165, 1.54) is 19.2 Å². The van der Waals surface area contributed by atoms with Crippen molar-refractivity contribution >= 4 is 21.6 Å². The van der Waals surface area contributed by atoms with Crippen molar-refractivity contribution in [2.75, 3.05) is 12.4 Å². The molecule has 1 rings (SSSR count). The van der Waals surface area contributed by atoms with Crippen molar-refractivity contribution in [3.05, 3.63) is 23.8 Å². The van der Waals surface area contributed by atoms with Gasteiger partial charge in [-0.15, -0.1) is 0 Å². The first kappa shape index (κ1) is 17.6. The van der Waals surface area contributed by atoms with Crippen LogP contribution in [0, 0.1) is 6.92 Å². The van der Waals surface area contributed by atoms with Crippen LogP contribution in [0.1, 0.15) is 32.3 Å². The summed E-state index contributed by atoms with van der Waals surface area (Å²) >= 11 is 0. The summed E-state index contributed by atoms with van der Waals surface area (Å²) in [4.78, 5) is 12.4. The van der Waals surface area contributed by atoms with Gasteiger partial charge in [-0.1, -0.05) is 19.9 Å². The van der Waals surface area contributed by atoms with E-state index in [-0.39, 0.29) is 10.8 Å². The molecule has 0 heterocycles. The lowest BCUT2D eigenvalue weighted by Crippen LogP contribution is -2.50. The van der Waals surface area contributed by atoms with Crippen LogP contribution in [0.2, 0.25) is 0 Å². The number of carbonyl (C=O) groups is 1. The Morgan fingerprint density at radius 2 is 1.86 bits per heavy atom. The number of anilines is 1. The maximum Gasteiger partial charge on any atom is 0.244 e. The highest BCUT2D eigenvalue weighted by Crippen LogP contribution is 2.22. The van der Waals surface area contributed by atoms with Crippen molar-refractivity contribution in [3.63, 3.8) is 0 Å². The van der Waals surface area contributed by atoms with E-state index in [2.05, 4.69) is 10.0 Å². The minimum atomic E-state index is -3.55. The molecular weight excluding hydrogens is 290 g/mol. The van der Waals surface area contributed by atoms with Gasteiger partial charge in [-0.25, -0.2) is 13.1 Å². The van der Waals surface area contributed by atoms with Crippen molar-refractivity contribution in [3.8, 4) is 0 Å². The molecule has 0 bridgehead atoms. The zero-order valence-electron chi connectivity index (χ0n) is 12.9. The summed E-state index contributed by atoms with van der Waals surface area (Å²) in [6, 6.07) is 4.58. The van der Waals surface area contributed by atoms with Gasteiger partial charge in [0.15, 0.2) is 0 Å². The molecule has 0 aromatic heterocycles. The Kier molecular flexibility index (Phi) is 5.49. The minimum absolute atomic E-state index is 0.0986. The molecule has 0 aliphatic rings. The third kappa shape index (κ3) is 3.81. The van der Waals surface area contributed by atoms with E-state index in [0.29, 0.717) is 18.5 Å². The quantitative estimate of drug-likeness (QED) is 0.738. The number of hydrogen-bond acceptors (Lipinski definition) is 4. The highest BCUT2D eigenvalue weighted by atomic mass is 32.2. The molecule has 7 heteroatoms. The van der Waals surface area contributed by atoms with E-state index in [9.17, 15) is 13.2 Å². The predicted molar refractivity (Wildman–Crippen MR) is 83.6 cm³/mol. The van der Waals surface area contributed by atoms with Crippen LogP contribution in [-0.4, -0.2) is 26.9 Å². The average molecular weight is 313 g/mol. The van der Waals surface area contributed by atoms with E-state index in [1.807, 2.05) is 13.8 Å². The lowest BCUT2D eigenvalue weighted by Gasteiger charge is -2.25. The van der Waals surface area contributed by atoms with Gasteiger partial charge in [0.25, 0.3) is 0 Å². The molecule has 0 atom stereocenters. The van der Waals surface area contributed by atoms with Crippen LogP contribution in [0.3, 0.4) is 0 Å². The smallest absolute Gasteiger partial charge is 0.244 e. The maximum absolute atomic E-state index is 12.3. The Bertz CT molecular complexity index is 622. The minimum Gasteiger partial charge on any atom is -0.324 e. The molecule has 1 amide bonds. The molecular formula is C14H23N3O3S. The van der Waals surface area contributed by atoms with Crippen molar-refractivity contribution in [2.24, 2.45) is 5.73 Å². The van der Waals surface area contributed by atoms with Gasteiger partial charge in [0.1, 0.15) is 0 Å². The van der Waals surface area contributed by atoms with E-state index in [0.717, 1.165) is 5.56 Å². The highest BCUT2D eigenvalue weighted by Gasteiger charge is 2.30. The SMILES string of the molecule is CCC(N)(CC)C(=O)Nc1cc(S(=O)(=O)NC)ccc1C. The topological polar surface area (TPSA) is 101 Å². The molecule has 0 spiro atoms. The second-order valence-electron chi connectivity index (χ2n) is 5.00. The number of amides is 1. The number of hydrogen-bond donors (Lipinski definition) is 3. The fourth-order valence-corrected chi connectivity index (χ4v) is 2.59. The van der Waals surface area contributed by atoms with Gasteiger partial charge < -0.3 is 11.1 Å². The zero-order valence-corrected chi connectivity index (χ0v) is 13.7. The lowest BCUT2D eigenvalue weighted by atomic mass is 9.93. The van der Waals surface area contributed by atoms with Crippen LogP contribution in [0.4, 0.5) is 5.69 Å². The molecule has 1 aromatic carbocycles. The Hall–Kier alpha value is -1.44. The van der Waals surface area contributed by atoms with Gasteiger partial charge in [-0.05, 0) is 44.5 Å². The molecule has 0 saturated carbocycles. The van der Waals surface area contributed by atoms with E-state index < -0.39 is 15.6 Å². The summed E-state index contributed by atoms with van der Waals surface area (Å²) in [6.45, 7) is 5.48. The highest BCUT2D eigenvalue weighted by molar-refractivity contribution is 7.89. The standard InChI is InChI=1S/C14H23N3O3S/c1-5-14(15,6-2)13(18)17-12-9-11(8-7-10(12)3)21(19,20)16-4/h7-9,16H,5-6,15H2,1-4H3,(H,17,18). The van der Waals surface area contributed by atoms with Crippen LogP contribution in [0.25, 0.3) is 0 Å². The average Bonchev–Trinajstić information content (AvgIpc) is 2.48. The van der Waals surface area contributed by atoms with Crippen LogP contribution in [0.5, 0.6) is 0 Å². The number of nitrogens with two attached hydrogens (primary N) is 1. The largest absolute Gasteiger partial charge is 0.324 e. The predicted octanol–water partition coefficient (Wildman–Crippen LogP) is 1.36. The Labute approximate surface area is 126 Å². The Morgan fingerprint density at radius 3 is 2.33 bits per heavy atom. The number of sulfonamides is 1. The second-order valence-corrected chi connectivity index (χ2v) is 6.89. The van der Waals surface area contributed by atoms with Crippen molar-refractivity contribution in [1.82, 2.24) is 4.72 Å². The van der Waals surface area contributed by atoms with Crippen molar-refractivity contribution in [2.45, 2.75) is 44.0 Å². The summed E-state index contributed by atoms with van der Waals surface area (Å²) in [5.41, 5.74) is 6.31. The van der Waals surface area contributed by atoms with Gasteiger partial charge in [0, 0.05) is 5.69 Å². The molecule has 118 valence electrons. The third-order valence-electron chi connectivity index (χ3n) is 3.75. The fraction of sp³-hybridized carbons (Fsp3) is 0.500. The normalized spacial score (nSPS) is 12.2. The molecule has 0 aliphatic heterocycles. The molecule has 21 heavy (non-hydrogen) atoms. The van der Waals surface area contributed by atoms with Crippen LogP contribution in [-0.2, 0) is 14.8 Å². The van der Waals surface area contributed by atoms with Crippen LogP contribution >= 0.6 is 0 Å². The number of carbonyl (C=O) groups excluding carboxylic acids is 1. The van der Waals surface area contributed by atoms with Gasteiger partial charge in [0.05, 0.1) is 10.4 Å². The molecule has 0 saturated heterocycles. The van der Waals surface area contributed by atoms with E-state index in [1.54, 1.807) is 13.0 Å². The summed E-state index contributed by atoms with van der Waals surface area (Å²) in [5, 5.41) is 2.73. The first-order valence-corrected chi connectivity index (χ1v) is 8.33. The molecule has 6 nitrogen and oxygen atoms in total.